The Balaban J connectivity index is 2.38. The third-order valence-corrected chi connectivity index (χ3v) is 4.28. The standard InChI is InChI=1S/C15H22N4O3/c1-4-12-10-18(13(5-2)9-17(12)11(3)20)15-14(19(21)22)7-6-8-16-15/h6-8,12-13H,4-5,9-10H2,1-3H3/t12-,13-/m0/s1. The van der Waals surface area contributed by atoms with Crippen LogP contribution in [-0.4, -0.2) is 45.9 Å². The number of hydrogen-bond donors (Lipinski definition) is 0. The summed E-state index contributed by atoms with van der Waals surface area (Å²) in [5, 5.41) is 11.3. The van der Waals surface area contributed by atoms with E-state index in [1.54, 1.807) is 19.2 Å². The number of hydrogen-bond acceptors (Lipinski definition) is 5. The highest BCUT2D eigenvalue weighted by Crippen LogP contribution is 2.31. The lowest BCUT2D eigenvalue weighted by Gasteiger charge is -2.46. The zero-order valence-electron chi connectivity index (χ0n) is 13.2. The van der Waals surface area contributed by atoms with Gasteiger partial charge in [0.25, 0.3) is 0 Å². The van der Waals surface area contributed by atoms with Crippen LogP contribution in [0.3, 0.4) is 0 Å². The monoisotopic (exact) mass is 306 g/mol. The quantitative estimate of drug-likeness (QED) is 0.629. The molecule has 1 aliphatic heterocycles. The predicted molar refractivity (Wildman–Crippen MR) is 83.8 cm³/mol. The van der Waals surface area contributed by atoms with Gasteiger partial charge in [-0.15, -0.1) is 0 Å². The van der Waals surface area contributed by atoms with Crippen LogP contribution < -0.4 is 4.90 Å². The van der Waals surface area contributed by atoms with Gasteiger partial charge in [-0.1, -0.05) is 13.8 Å². The number of rotatable bonds is 4. The van der Waals surface area contributed by atoms with Crippen LogP contribution in [0, 0.1) is 10.1 Å². The van der Waals surface area contributed by atoms with E-state index in [2.05, 4.69) is 4.98 Å². The summed E-state index contributed by atoms with van der Waals surface area (Å²) in [6.45, 7) is 6.79. The van der Waals surface area contributed by atoms with Crippen molar-refractivity contribution in [2.45, 2.75) is 45.7 Å². The normalized spacial score (nSPS) is 21.8. The number of carbonyl (C=O) groups excluding carboxylic acids is 1. The smallest absolute Gasteiger partial charge is 0.311 e. The largest absolute Gasteiger partial charge is 0.344 e. The van der Waals surface area contributed by atoms with Crippen LogP contribution in [0.2, 0.25) is 0 Å². The van der Waals surface area contributed by atoms with Crippen molar-refractivity contribution in [3.8, 4) is 0 Å². The van der Waals surface area contributed by atoms with Gasteiger partial charge in [-0.25, -0.2) is 4.98 Å². The number of anilines is 1. The first-order valence-corrected chi connectivity index (χ1v) is 7.62. The van der Waals surface area contributed by atoms with Crippen LogP contribution >= 0.6 is 0 Å². The highest BCUT2D eigenvalue weighted by molar-refractivity contribution is 5.74. The lowest BCUT2D eigenvalue weighted by Crippen LogP contribution is -2.59. The molecule has 7 nitrogen and oxygen atoms in total. The van der Waals surface area contributed by atoms with Crippen molar-refractivity contribution in [2.75, 3.05) is 18.0 Å². The fraction of sp³-hybridized carbons (Fsp3) is 0.600. The molecular weight excluding hydrogens is 284 g/mol. The number of amides is 1. The third-order valence-electron chi connectivity index (χ3n) is 4.28. The van der Waals surface area contributed by atoms with Crippen LogP contribution in [0.4, 0.5) is 11.5 Å². The molecule has 0 unspecified atom stereocenters. The maximum Gasteiger partial charge on any atom is 0.311 e. The minimum absolute atomic E-state index is 0.0204. The van der Waals surface area contributed by atoms with Crippen molar-refractivity contribution in [1.29, 1.82) is 0 Å². The Labute approximate surface area is 130 Å². The van der Waals surface area contributed by atoms with Gasteiger partial charge in [0, 0.05) is 44.4 Å². The van der Waals surface area contributed by atoms with Gasteiger partial charge in [0.15, 0.2) is 0 Å². The summed E-state index contributed by atoms with van der Waals surface area (Å²) in [6.07, 6.45) is 3.19. The van der Waals surface area contributed by atoms with Gasteiger partial charge < -0.3 is 9.80 Å². The number of pyridine rings is 1. The second kappa shape index (κ2) is 6.72. The Morgan fingerprint density at radius 2 is 2.05 bits per heavy atom. The fourth-order valence-corrected chi connectivity index (χ4v) is 3.05. The minimum Gasteiger partial charge on any atom is -0.344 e. The van der Waals surface area contributed by atoms with Gasteiger partial charge in [-0.2, -0.15) is 0 Å². The van der Waals surface area contributed by atoms with Gasteiger partial charge in [0.2, 0.25) is 11.7 Å². The van der Waals surface area contributed by atoms with Gasteiger partial charge >= 0.3 is 5.69 Å². The third kappa shape index (κ3) is 3.03. The average molecular weight is 306 g/mol. The molecule has 0 bridgehead atoms. The summed E-state index contributed by atoms with van der Waals surface area (Å²) in [4.78, 5) is 30.8. The molecule has 0 N–H and O–H groups in total. The predicted octanol–water partition coefficient (Wildman–Crippen LogP) is 2.22. The van der Waals surface area contributed by atoms with Gasteiger partial charge in [-0.3, -0.25) is 14.9 Å². The van der Waals surface area contributed by atoms with Crippen LogP contribution in [0.5, 0.6) is 0 Å². The minimum atomic E-state index is -0.395. The van der Waals surface area contributed by atoms with E-state index in [0.29, 0.717) is 18.9 Å². The number of aromatic nitrogens is 1. The molecule has 1 aromatic rings. The highest BCUT2D eigenvalue weighted by Gasteiger charge is 2.36. The molecule has 2 atom stereocenters. The Morgan fingerprint density at radius 3 is 2.59 bits per heavy atom. The Kier molecular flexibility index (Phi) is 4.95. The van der Waals surface area contributed by atoms with Crippen LogP contribution in [0.25, 0.3) is 0 Å². The molecule has 1 saturated heterocycles. The lowest BCUT2D eigenvalue weighted by molar-refractivity contribution is -0.384. The van der Waals surface area contributed by atoms with Crippen molar-refractivity contribution < 1.29 is 9.72 Å². The summed E-state index contributed by atoms with van der Waals surface area (Å²) >= 11 is 0. The van der Waals surface area contributed by atoms with Gasteiger partial charge in [-0.05, 0) is 18.9 Å². The van der Waals surface area contributed by atoms with E-state index in [-0.39, 0.29) is 23.7 Å². The zero-order valence-corrected chi connectivity index (χ0v) is 13.2. The molecule has 7 heteroatoms. The Bertz CT molecular complexity index is 563. The van der Waals surface area contributed by atoms with Crippen LogP contribution in [-0.2, 0) is 4.79 Å². The molecule has 0 saturated carbocycles. The highest BCUT2D eigenvalue weighted by atomic mass is 16.6. The molecule has 1 aliphatic rings. The topological polar surface area (TPSA) is 79.6 Å². The van der Waals surface area contributed by atoms with Gasteiger partial charge in [0.05, 0.1) is 4.92 Å². The van der Waals surface area contributed by atoms with Crippen molar-refractivity contribution in [2.24, 2.45) is 0 Å². The van der Waals surface area contributed by atoms with Crippen molar-refractivity contribution in [1.82, 2.24) is 9.88 Å². The molecular formula is C15H22N4O3. The first kappa shape index (κ1) is 16.2. The molecule has 1 fully saturated rings. The van der Waals surface area contributed by atoms with E-state index in [0.717, 1.165) is 12.8 Å². The molecule has 120 valence electrons. The molecule has 1 aromatic heterocycles. The van der Waals surface area contributed by atoms with E-state index in [4.69, 9.17) is 0 Å². The molecule has 0 radical (unpaired) electrons. The van der Waals surface area contributed by atoms with Crippen LogP contribution in [0.15, 0.2) is 18.3 Å². The molecule has 1 amide bonds. The average Bonchev–Trinajstić information content (AvgIpc) is 2.53. The zero-order chi connectivity index (χ0) is 16.3. The lowest BCUT2D eigenvalue weighted by atomic mass is 10.0. The van der Waals surface area contributed by atoms with Gasteiger partial charge in [0.1, 0.15) is 0 Å². The number of carbonyl (C=O) groups is 1. The van der Waals surface area contributed by atoms with E-state index in [1.165, 1.54) is 6.07 Å². The molecule has 0 aromatic carbocycles. The number of nitrogens with zero attached hydrogens (tertiary/aromatic N) is 4. The summed E-state index contributed by atoms with van der Waals surface area (Å²) < 4.78 is 0. The summed E-state index contributed by atoms with van der Waals surface area (Å²) in [6, 6.07) is 3.15. The van der Waals surface area contributed by atoms with Crippen molar-refractivity contribution in [3.05, 3.63) is 28.4 Å². The number of piperazine rings is 1. The molecule has 2 heterocycles. The van der Waals surface area contributed by atoms with Crippen molar-refractivity contribution in [3.63, 3.8) is 0 Å². The Hall–Kier alpha value is -2.18. The number of nitro groups is 1. The summed E-state index contributed by atoms with van der Waals surface area (Å²) in [5.74, 6) is 0.460. The summed E-state index contributed by atoms with van der Waals surface area (Å²) in [5.41, 5.74) is 0.0204. The summed E-state index contributed by atoms with van der Waals surface area (Å²) in [7, 11) is 0. The SMILES string of the molecule is CC[C@H]1CN(c2ncccc2[N+](=O)[O-])[C@@H](CC)CN1C(C)=O. The van der Waals surface area contributed by atoms with E-state index < -0.39 is 4.92 Å². The van der Waals surface area contributed by atoms with Crippen molar-refractivity contribution >= 4 is 17.4 Å². The van der Waals surface area contributed by atoms with E-state index in [1.807, 2.05) is 23.6 Å². The molecule has 2 rings (SSSR count). The maximum absolute atomic E-state index is 11.8. The van der Waals surface area contributed by atoms with Crippen LogP contribution in [0.1, 0.15) is 33.6 Å². The van der Waals surface area contributed by atoms with E-state index >= 15 is 0 Å². The first-order valence-electron chi connectivity index (χ1n) is 7.62. The second-order valence-corrected chi connectivity index (χ2v) is 5.55. The molecule has 22 heavy (non-hydrogen) atoms. The molecule has 0 aliphatic carbocycles. The second-order valence-electron chi connectivity index (χ2n) is 5.55. The molecule has 0 spiro atoms. The van der Waals surface area contributed by atoms with E-state index in [9.17, 15) is 14.9 Å². The first-order chi connectivity index (χ1) is 10.5. The maximum atomic E-state index is 11.8. The fourth-order valence-electron chi connectivity index (χ4n) is 3.05. The Morgan fingerprint density at radius 1 is 1.36 bits per heavy atom.